The molecule has 0 saturated carbocycles. The number of rotatable bonds is 5. The minimum atomic E-state index is -0.181. The summed E-state index contributed by atoms with van der Waals surface area (Å²) < 4.78 is 5.35. The Morgan fingerprint density at radius 2 is 1.95 bits per heavy atom. The molecule has 0 atom stereocenters. The maximum atomic E-state index is 12.4. The average molecular weight is 291 g/mol. The molecule has 0 saturated heterocycles. The Labute approximate surface area is 122 Å². The van der Waals surface area contributed by atoms with E-state index in [1.54, 1.807) is 43.4 Å². The third kappa shape index (κ3) is 3.08. The largest absolute Gasteiger partial charge is 0.494 e. The van der Waals surface area contributed by atoms with Crippen molar-refractivity contribution in [1.29, 1.82) is 0 Å². The van der Waals surface area contributed by atoms with Crippen molar-refractivity contribution in [2.75, 3.05) is 19.0 Å². The molecular weight excluding hydrogens is 276 g/mol. The number of carbonyl (C=O) groups is 1. The number of hydrogen-bond donors (Lipinski definition) is 1. The Hall–Kier alpha value is -2.07. The van der Waals surface area contributed by atoms with Gasteiger partial charge in [0.15, 0.2) is 0 Å². The molecule has 0 aliphatic rings. The van der Waals surface area contributed by atoms with Gasteiger partial charge in [-0.05, 0) is 43.3 Å². The number of halogens is 1. The molecule has 4 nitrogen and oxygen atoms in total. The molecule has 1 heterocycles. The molecule has 104 valence electrons. The zero-order valence-electron chi connectivity index (χ0n) is 11.3. The topological polar surface area (TPSA) is 51.2 Å². The molecule has 5 heteroatoms. The van der Waals surface area contributed by atoms with Crippen molar-refractivity contribution in [3.05, 3.63) is 52.8 Å². The minimum Gasteiger partial charge on any atom is -0.494 e. The van der Waals surface area contributed by atoms with Gasteiger partial charge in [-0.1, -0.05) is 11.6 Å². The van der Waals surface area contributed by atoms with Crippen molar-refractivity contribution >= 4 is 23.1 Å². The summed E-state index contributed by atoms with van der Waals surface area (Å²) in [4.78, 5) is 16.5. The standard InChI is InChI=1S/C15H15ClN2O2/c1-3-20-11-6-4-10(5-7-11)15(19)14-12(17-2)8-9-13(16)18-14/h4-9,17H,3H2,1-2H3. The van der Waals surface area contributed by atoms with Crippen LogP contribution < -0.4 is 10.1 Å². The van der Waals surface area contributed by atoms with E-state index in [0.29, 0.717) is 28.7 Å². The first kappa shape index (κ1) is 14.3. The van der Waals surface area contributed by atoms with Crippen LogP contribution in [0.4, 0.5) is 5.69 Å². The summed E-state index contributed by atoms with van der Waals surface area (Å²) in [6.45, 7) is 2.50. The number of nitrogens with one attached hydrogen (secondary N) is 1. The van der Waals surface area contributed by atoms with Gasteiger partial charge in [-0.25, -0.2) is 4.98 Å². The van der Waals surface area contributed by atoms with Gasteiger partial charge in [0.1, 0.15) is 16.6 Å². The second-order valence-electron chi connectivity index (χ2n) is 4.07. The smallest absolute Gasteiger partial charge is 0.213 e. The van der Waals surface area contributed by atoms with Gasteiger partial charge in [0, 0.05) is 12.6 Å². The summed E-state index contributed by atoms with van der Waals surface area (Å²) in [7, 11) is 1.74. The first-order valence-corrected chi connectivity index (χ1v) is 6.65. The number of nitrogens with zero attached hydrogens (tertiary/aromatic N) is 1. The highest BCUT2D eigenvalue weighted by Crippen LogP contribution is 2.21. The van der Waals surface area contributed by atoms with E-state index >= 15 is 0 Å². The number of ether oxygens (including phenoxy) is 1. The first-order valence-electron chi connectivity index (χ1n) is 6.27. The molecule has 0 amide bonds. The summed E-state index contributed by atoms with van der Waals surface area (Å²) in [5.41, 5.74) is 1.50. The van der Waals surface area contributed by atoms with Crippen LogP contribution in [-0.4, -0.2) is 24.4 Å². The summed E-state index contributed by atoms with van der Waals surface area (Å²) >= 11 is 5.86. The summed E-state index contributed by atoms with van der Waals surface area (Å²) in [5, 5.41) is 3.23. The number of hydrogen-bond acceptors (Lipinski definition) is 4. The summed E-state index contributed by atoms with van der Waals surface area (Å²) in [6.07, 6.45) is 0. The van der Waals surface area contributed by atoms with E-state index in [0.717, 1.165) is 5.75 Å². The van der Waals surface area contributed by atoms with Gasteiger partial charge in [-0.15, -0.1) is 0 Å². The normalized spacial score (nSPS) is 10.2. The Balaban J connectivity index is 2.33. The fourth-order valence-electron chi connectivity index (χ4n) is 1.82. The summed E-state index contributed by atoms with van der Waals surface area (Å²) in [6, 6.07) is 10.3. The van der Waals surface area contributed by atoms with E-state index in [1.165, 1.54) is 0 Å². The predicted molar refractivity (Wildman–Crippen MR) is 79.8 cm³/mol. The maximum absolute atomic E-state index is 12.4. The fraction of sp³-hybridized carbons (Fsp3) is 0.200. The van der Waals surface area contributed by atoms with Crippen LogP contribution in [0.15, 0.2) is 36.4 Å². The van der Waals surface area contributed by atoms with E-state index in [1.807, 2.05) is 6.92 Å². The number of benzene rings is 1. The fourth-order valence-corrected chi connectivity index (χ4v) is 1.96. The van der Waals surface area contributed by atoms with Gasteiger partial charge in [0.25, 0.3) is 0 Å². The van der Waals surface area contributed by atoms with Crippen LogP contribution in [0.3, 0.4) is 0 Å². The third-order valence-electron chi connectivity index (χ3n) is 2.77. The predicted octanol–water partition coefficient (Wildman–Crippen LogP) is 3.41. The highest BCUT2D eigenvalue weighted by molar-refractivity contribution is 6.29. The highest BCUT2D eigenvalue weighted by atomic mass is 35.5. The van der Waals surface area contributed by atoms with Crippen LogP contribution in [0.25, 0.3) is 0 Å². The molecule has 0 spiro atoms. The zero-order chi connectivity index (χ0) is 14.5. The molecule has 1 aromatic carbocycles. The Morgan fingerprint density at radius 1 is 1.25 bits per heavy atom. The molecule has 20 heavy (non-hydrogen) atoms. The Morgan fingerprint density at radius 3 is 2.55 bits per heavy atom. The number of aromatic nitrogens is 1. The molecule has 2 rings (SSSR count). The number of ketones is 1. The SMILES string of the molecule is CCOc1ccc(C(=O)c2nc(Cl)ccc2NC)cc1. The van der Waals surface area contributed by atoms with E-state index in [4.69, 9.17) is 16.3 Å². The van der Waals surface area contributed by atoms with Crippen molar-refractivity contribution < 1.29 is 9.53 Å². The van der Waals surface area contributed by atoms with E-state index in [-0.39, 0.29) is 5.78 Å². The molecule has 0 aliphatic heterocycles. The van der Waals surface area contributed by atoms with Gasteiger partial charge in [-0.2, -0.15) is 0 Å². The lowest BCUT2D eigenvalue weighted by Gasteiger charge is -2.08. The van der Waals surface area contributed by atoms with Crippen molar-refractivity contribution in [1.82, 2.24) is 4.98 Å². The zero-order valence-corrected chi connectivity index (χ0v) is 12.1. The van der Waals surface area contributed by atoms with Crippen LogP contribution >= 0.6 is 11.6 Å². The molecule has 1 N–H and O–H groups in total. The quantitative estimate of drug-likeness (QED) is 0.677. The molecule has 0 aliphatic carbocycles. The first-order chi connectivity index (χ1) is 9.65. The van der Waals surface area contributed by atoms with Gasteiger partial charge < -0.3 is 10.1 Å². The van der Waals surface area contributed by atoms with Crippen LogP contribution in [0.1, 0.15) is 23.0 Å². The maximum Gasteiger partial charge on any atom is 0.213 e. The van der Waals surface area contributed by atoms with E-state index in [2.05, 4.69) is 10.3 Å². The van der Waals surface area contributed by atoms with Crippen LogP contribution in [0, 0.1) is 0 Å². The van der Waals surface area contributed by atoms with Crippen molar-refractivity contribution in [2.24, 2.45) is 0 Å². The Bertz CT molecular complexity index is 612. The molecule has 0 bridgehead atoms. The number of anilines is 1. The molecule has 2 aromatic rings. The second-order valence-corrected chi connectivity index (χ2v) is 4.45. The minimum absolute atomic E-state index is 0.181. The molecule has 0 radical (unpaired) electrons. The molecule has 0 fully saturated rings. The second kappa shape index (κ2) is 6.39. The Kier molecular flexibility index (Phi) is 4.58. The van der Waals surface area contributed by atoms with Crippen molar-refractivity contribution in [2.45, 2.75) is 6.92 Å². The third-order valence-corrected chi connectivity index (χ3v) is 2.98. The molecule has 1 aromatic heterocycles. The van der Waals surface area contributed by atoms with Gasteiger partial charge in [-0.3, -0.25) is 4.79 Å². The van der Waals surface area contributed by atoms with Crippen LogP contribution in [-0.2, 0) is 0 Å². The van der Waals surface area contributed by atoms with Crippen LogP contribution in [0.5, 0.6) is 5.75 Å². The van der Waals surface area contributed by atoms with Gasteiger partial charge in [0.05, 0.1) is 12.3 Å². The van der Waals surface area contributed by atoms with Crippen molar-refractivity contribution in [3.63, 3.8) is 0 Å². The van der Waals surface area contributed by atoms with Crippen molar-refractivity contribution in [3.8, 4) is 5.75 Å². The lowest BCUT2D eigenvalue weighted by molar-refractivity contribution is 0.103. The van der Waals surface area contributed by atoms with E-state index in [9.17, 15) is 4.79 Å². The molecule has 0 unspecified atom stereocenters. The average Bonchev–Trinajstić information content (AvgIpc) is 2.47. The van der Waals surface area contributed by atoms with E-state index < -0.39 is 0 Å². The number of carbonyl (C=O) groups excluding carboxylic acids is 1. The number of pyridine rings is 1. The highest BCUT2D eigenvalue weighted by Gasteiger charge is 2.15. The van der Waals surface area contributed by atoms with Gasteiger partial charge >= 0.3 is 0 Å². The lowest BCUT2D eigenvalue weighted by atomic mass is 10.1. The summed E-state index contributed by atoms with van der Waals surface area (Å²) in [5.74, 6) is 0.553. The van der Waals surface area contributed by atoms with Gasteiger partial charge in [0.2, 0.25) is 5.78 Å². The molecular formula is C15H15ClN2O2. The lowest BCUT2D eigenvalue weighted by Crippen LogP contribution is -2.08. The van der Waals surface area contributed by atoms with Crippen LogP contribution in [0.2, 0.25) is 5.15 Å². The monoisotopic (exact) mass is 290 g/mol.